The second-order valence-electron chi connectivity index (χ2n) is 5.85. The second-order valence-corrected chi connectivity index (χ2v) is 6.76. The van der Waals surface area contributed by atoms with Crippen molar-refractivity contribution in [2.24, 2.45) is 0 Å². The number of aryl methyl sites for hydroxylation is 2. The maximum Gasteiger partial charge on any atom is 0.425 e. The van der Waals surface area contributed by atoms with E-state index in [0.29, 0.717) is 39.5 Å². The number of nitrogens with zero attached hydrogens (tertiary/aromatic N) is 2. The Morgan fingerprint density at radius 1 is 1.35 bits per heavy atom. The number of amides is 1. The van der Waals surface area contributed by atoms with Crippen molar-refractivity contribution in [3.63, 3.8) is 0 Å². The summed E-state index contributed by atoms with van der Waals surface area (Å²) in [5.41, 5.74) is 2.52. The fourth-order valence-electron chi connectivity index (χ4n) is 2.65. The van der Waals surface area contributed by atoms with E-state index in [0.717, 1.165) is 6.07 Å². The molecule has 0 radical (unpaired) electrons. The van der Waals surface area contributed by atoms with Gasteiger partial charge < -0.3 is 5.32 Å². The van der Waals surface area contributed by atoms with Gasteiger partial charge in [-0.25, -0.2) is 9.50 Å². The van der Waals surface area contributed by atoms with Crippen LogP contribution in [-0.4, -0.2) is 20.5 Å². The van der Waals surface area contributed by atoms with Gasteiger partial charge in [-0.15, -0.1) is 11.3 Å². The van der Waals surface area contributed by atoms with Crippen LogP contribution in [0.3, 0.4) is 0 Å². The summed E-state index contributed by atoms with van der Waals surface area (Å²) >= 11 is 0.597. The van der Waals surface area contributed by atoms with Gasteiger partial charge in [-0.05, 0) is 30.9 Å². The number of aromatic nitrogens is 3. The smallest absolute Gasteiger partial charge is 0.352 e. The number of carbonyl (C=O) groups is 1. The van der Waals surface area contributed by atoms with Crippen LogP contribution in [0.25, 0.3) is 5.65 Å². The van der Waals surface area contributed by atoms with Crippen LogP contribution in [0.15, 0.2) is 22.3 Å². The molecule has 6 nitrogen and oxygen atoms in total. The van der Waals surface area contributed by atoms with Gasteiger partial charge in [0.05, 0.1) is 6.42 Å². The van der Waals surface area contributed by atoms with Crippen LogP contribution in [0.2, 0.25) is 0 Å². The Morgan fingerprint density at radius 3 is 2.73 bits per heavy atom. The molecule has 0 aliphatic carbocycles. The molecule has 0 aliphatic heterocycles. The van der Waals surface area contributed by atoms with Gasteiger partial charge in [-0.2, -0.15) is 13.2 Å². The highest BCUT2D eigenvalue weighted by molar-refractivity contribution is 7.10. The summed E-state index contributed by atoms with van der Waals surface area (Å²) in [4.78, 5) is 27.2. The van der Waals surface area contributed by atoms with Gasteiger partial charge in [0.1, 0.15) is 4.88 Å². The molecule has 26 heavy (non-hydrogen) atoms. The number of thiophene rings is 1. The molecule has 1 amide bonds. The lowest BCUT2D eigenvalue weighted by Gasteiger charge is -2.11. The number of aromatic amines is 1. The van der Waals surface area contributed by atoms with Gasteiger partial charge in [0.2, 0.25) is 5.91 Å². The first kappa shape index (κ1) is 18.2. The Bertz CT molecular complexity index is 1030. The predicted molar refractivity (Wildman–Crippen MR) is 90.2 cm³/mol. The lowest BCUT2D eigenvalue weighted by atomic mass is 10.1. The number of alkyl halides is 3. The van der Waals surface area contributed by atoms with Crippen molar-refractivity contribution in [1.82, 2.24) is 19.9 Å². The van der Waals surface area contributed by atoms with E-state index in [1.165, 1.54) is 16.0 Å². The lowest BCUT2D eigenvalue weighted by molar-refractivity contribution is -0.134. The molecular weight excluding hydrogens is 369 g/mol. The number of rotatable bonds is 4. The average molecular weight is 384 g/mol. The first-order valence-corrected chi connectivity index (χ1v) is 8.52. The third kappa shape index (κ3) is 3.64. The Hall–Kier alpha value is -2.62. The summed E-state index contributed by atoms with van der Waals surface area (Å²) in [6, 6.07) is 2.39. The van der Waals surface area contributed by atoms with Crippen LogP contribution in [0.4, 0.5) is 13.2 Å². The zero-order chi connectivity index (χ0) is 19.1. The molecule has 0 saturated carbocycles. The SMILES string of the molecule is Cc1nc2cc(=O)[nH]n2c(C)c1CC(=O)NCc1csc(C(F)(F)F)c1. The molecule has 0 atom stereocenters. The molecule has 138 valence electrons. The van der Waals surface area contributed by atoms with Gasteiger partial charge in [0.25, 0.3) is 5.56 Å². The minimum absolute atomic E-state index is 0.0110. The van der Waals surface area contributed by atoms with Crippen LogP contribution in [0.1, 0.15) is 27.4 Å². The van der Waals surface area contributed by atoms with Gasteiger partial charge in [-0.3, -0.25) is 14.7 Å². The van der Waals surface area contributed by atoms with Crippen molar-refractivity contribution in [2.75, 3.05) is 0 Å². The molecule has 0 saturated heterocycles. The quantitative estimate of drug-likeness (QED) is 0.726. The molecule has 3 aromatic heterocycles. The summed E-state index contributed by atoms with van der Waals surface area (Å²) < 4.78 is 39.3. The lowest BCUT2D eigenvalue weighted by Crippen LogP contribution is -2.25. The van der Waals surface area contributed by atoms with Crippen molar-refractivity contribution < 1.29 is 18.0 Å². The summed E-state index contributed by atoms with van der Waals surface area (Å²) in [6.07, 6.45) is -4.37. The first-order valence-electron chi connectivity index (χ1n) is 7.64. The van der Waals surface area contributed by atoms with Gasteiger partial charge in [0.15, 0.2) is 5.65 Å². The van der Waals surface area contributed by atoms with Crippen molar-refractivity contribution in [3.8, 4) is 0 Å². The summed E-state index contributed by atoms with van der Waals surface area (Å²) in [6.45, 7) is 3.51. The maximum absolute atomic E-state index is 12.6. The monoisotopic (exact) mass is 384 g/mol. The van der Waals surface area contributed by atoms with Crippen LogP contribution >= 0.6 is 11.3 Å². The number of H-pyrrole nitrogens is 1. The highest BCUT2D eigenvalue weighted by Gasteiger charge is 2.32. The van der Waals surface area contributed by atoms with Crippen LogP contribution < -0.4 is 10.9 Å². The molecule has 0 bridgehead atoms. The minimum atomic E-state index is -4.38. The molecule has 2 N–H and O–H groups in total. The zero-order valence-corrected chi connectivity index (χ0v) is 14.7. The van der Waals surface area contributed by atoms with Crippen LogP contribution in [0, 0.1) is 13.8 Å². The second kappa shape index (κ2) is 6.60. The van der Waals surface area contributed by atoms with E-state index < -0.39 is 11.1 Å². The molecule has 10 heteroatoms. The number of hydrogen-bond acceptors (Lipinski definition) is 4. The summed E-state index contributed by atoms with van der Waals surface area (Å²) in [5.74, 6) is -0.341. The normalized spacial score (nSPS) is 11.9. The van der Waals surface area contributed by atoms with E-state index in [9.17, 15) is 22.8 Å². The van der Waals surface area contributed by atoms with Gasteiger partial charge in [-0.1, -0.05) is 0 Å². The van der Waals surface area contributed by atoms with E-state index in [2.05, 4.69) is 15.4 Å². The third-order valence-electron chi connectivity index (χ3n) is 3.96. The minimum Gasteiger partial charge on any atom is -0.352 e. The molecule has 3 aromatic rings. The van der Waals surface area contributed by atoms with Crippen LogP contribution in [0.5, 0.6) is 0 Å². The molecule has 0 aliphatic rings. The maximum atomic E-state index is 12.6. The fraction of sp³-hybridized carbons (Fsp3) is 0.312. The average Bonchev–Trinajstić information content (AvgIpc) is 3.15. The Morgan fingerprint density at radius 2 is 2.08 bits per heavy atom. The summed E-state index contributed by atoms with van der Waals surface area (Å²) in [7, 11) is 0. The largest absolute Gasteiger partial charge is 0.425 e. The molecular formula is C16H15F3N4O2S. The number of nitrogens with one attached hydrogen (secondary N) is 2. The molecule has 0 spiro atoms. The standard InChI is InChI=1S/C16H15F3N4O2S/c1-8-11(9(2)23-13(21-8)5-15(25)22-23)4-14(24)20-6-10-3-12(26-7-10)16(17,18)19/h3,5,7H,4,6H2,1-2H3,(H,20,24)(H,22,25). The number of halogens is 3. The van der Waals surface area contributed by atoms with Crippen molar-refractivity contribution in [1.29, 1.82) is 0 Å². The molecule has 0 unspecified atom stereocenters. The van der Waals surface area contributed by atoms with Gasteiger partial charge in [0, 0.05) is 29.6 Å². The number of hydrogen-bond donors (Lipinski definition) is 2. The highest BCUT2D eigenvalue weighted by Crippen LogP contribution is 2.34. The Balaban J connectivity index is 1.71. The van der Waals surface area contributed by atoms with Crippen molar-refractivity contribution in [2.45, 2.75) is 33.0 Å². The summed E-state index contributed by atoms with van der Waals surface area (Å²) in [5, 5.41) is 6.59. The third-order valence-corrected chi connectivity index (χ3v) is 4.99. The molecule has 3 rings (SSSR count). The van der Waals surface area contributed by atoms with E-state index in [-0.39, 0.29) is 24.4 Å². The molecule has 0 fully saturated rings. The van der Waals surface area contributed by atoms with Gasteiger partial charge >= 0.3 is 6.18 Å². The van der Waals surface area contributed by atoms with Crippen LogP contribution in [-0.2, 0) is 23.9 Å². The van der Waals surface area contributed by atoms with Crippen molar-refractivity contribution >= 4 is 22.9 Å². The predicted octanol–water partition coefficient (Wildman–Crippen LogP) is 2.58. The number of fused-ring (bicyclic) bond motifs is 1. The Labute approximate surface area is 149 Å². The fourth-order valence-corrected chi connectivity index (χ4v) is 3.43. The topological polar surface area (TPSA) is 79.3 Å². The highest BCUT2D eigenvalue weighted by atomic mass is 32.1. The molecule has 3 heterocycles. The van der Waals surface area contributed by atoms with Crippen molar-refractivity contribution in [3.05, 3.63) is 55.3 Å². The Kier molecular flexibility index (Phi) is 4.61. The number of carbonyl (C=O) groups excluding carboxylic acids is 1. The van der Waals surface area contributed by atoms with E-state index in [1.807, 2.05) is 0 Å². The first-order chi connectivity index (χ1) is 12.1. The zero-order valence-electron chi connectivity index (χ0n) is 13.9. The molecule has 0 aromatic carbocycles. The van der Waals surface area contributed by atoms with E-state index in [1.54, 1.807) is 13.8 Å². The van der Waals surface area contributed by atoms with E-state index >= 15 is 0 Å². The van der Waals surface area contributed by atoms with E-state index in [4.69, 9.17) is 0 Å².